The summed E-state index contributed by atoms with van der Waals surface area (Å²) in [5.41, 5.74) is 0.331. The topological polar surface area (TPSA) is 72.2 Å². The minimum Gasteiger partial charge on any atom is -0.387 e. The fourth-order valence-electron chi connectivity index (χ4n) is 1.63. The van der Waals surface area contributed by atoms with Gasteiger partial charge in [-0.25, -0.2) is 4.98 Å². The van der Waals surface area contributed by atoms with Crippen LogP contribution in [0.1, 0.15) is 12.6 Å². The summed E-state index contributed by atoms with van der Waals surface area (Å²) in [6.45, 7) is 2.75. The number of likely N-dealkylation sites (N-methyl/N-ethyl adjacent to an activating group) is 1. The Bertz CT molecular complexity index is 409. The first kappa shape index (κ1) is 13.4. The van der Waals surface area contributed by atoms with E-state index in [0.29, 0.717) is 18.8 Å². The summed E-state index contributed by atoms with van der Waals surface area (Å²) in [4.78, 5) is 5.80. The Morgan fingerprint density at radius 1 is 1.59 bits per heavy atom. The van der Waals surface area contributed by atoms with E-state index in [9.17, 15) is 5.11 Å². The van der Waals surface area contributed by atoms with Crippen LogP contribution < -0.4 is 5.32 Å². The van der Waals surface area contributed by atoms with E-state index >= 15 is 0 Å². The zero-order valence-electron chi connectivity index (χ0n) is 10.4. The van der Waals surface area contributed by atoms with Crippen LogP contribution in [-0.2, 0) is 0 Å². The maximum Gasteiger partial charge on any atom is 0.142 e. The summed E-state index contributed by atoms with van der Waals surface area (Å²) in [6.07, 6.45) is 1.57. The summed E-state index contributed by atoms with van der Waals surface area (Å²) < 4.78 is 0. The largest absolute Gasteiger partial charge is 0.387 e. The van der Waals surface area contributed by atoms with Crippen molar-refractivity contribution in [3.05, 3.63) is 24.0 Å². The quantitative estimate of drug-likeness (QED) is 0.783. The fraction of sp³-hybridized carbons (Fsp3) is 0.500. The zero-order chi connectivity index (χ0) is 12.9. The van der Waals surface area contributed by atoms with Gasteiger partial charge in [0.1, 0.15) is 11.8 Å². The minimum atomic E-state index is -0.820. The molecule has 92 valence electrons. The first-order chi connectivity index (χ1) is 7.93. The average Bonchev–Trinajstić information content (AvgIpc) is 2.25. The number of hydrogen-bond acceptors (Lipinski definition) is 5. The van der Waals surface area contributed by atoms with Crippen LogP contribution in [0.5, 0.6) is 0 Å². The van der Waals surface area contributed by atoms with Crippen molar-refractivity contribution < 1.29 is 5.11 Å². The second-order valence-electron chi connectivity index (χ2n) is 4.63. The van der Waals surface area contributed by atoms with Gasteiger partial charge in [0.2, 0.25) is 0 Å². The number of rotatable bonds is 5. The van der Waals surface area contributed by atoms with Gasteiger partial charge in [0, 0.05) is 25.0 Å². The summed E-state index contributed by atoms with van der Waals surface area (Å²) >= 11 is 0. The van der Waals surface area contributed by atoms with Gasteiger partial charge >= 0.3 is 0 Å². The van der Waals surface area contributed by atoms with E-state index in [0.717, 1.165) is 5.69 Å². The molecule has 1 aromatic rings. The maximum atomic E-state index is 10.1. The SMILES string of the molecule is CN(C)CC(C)(O)CNc1ccnc(C#N)c1. The normalized spacial score (nSPS) is 14.1. The van der Waals surface area contributed by atoms with Crippen LogP contribution in [0, 0.1) is 11.3 Å². The fourth-order valence-corrected chi connectivity index (χ4v) is 1.63. The van der Waals surface area contributed by atoms with Crippen LogP contribution in [0.3, 0.4) is 0 Å². The molecule has 0 aliphatic rings. The van der Waals surface area contributed by atoms with Crippen molar-refractivity contribution >= 4 is 5.69 Å². The Hall–Kier alpha value is -1.64. The van der Waals surface area contributed by atoms with E-state index in [1.165, 1.54) is 0 Å². The van der Waals surface area contributed by atoms with Gasteiger partial charge in [0.05, 0.1) is 5.60 Å². The van der Waals surface area contributed by atoms with Crippen molar-refractivity contribution in [2.24, 2.45) is 0 Å². The van der Waals surface area contributed by atoms with Gasteiger partial charge in [-0.2, -0.15) is 5.26 Å². The molecule has 17 heavy (non-hydrogen) atoms. The Kier molecular flexibility index (Phi) is 4.44. The molecule has 0 saturated heterocycles. The van der Waals surface area contributed by atoms with Crippen LogP contribution >= 0.6 is 0 Å². The lowest BCUT2D eigenvalue weighted by molar-refractivity contribution is 0.0460. The van der Waals surface area contributed by atoms with Crippen molar-refractivity contribution in [3.8, 4) is 6.07 Å². The summed E-state index contributed by atoms with van der Waals surface area (Å²) in [6, 6.07) is 5.40. The molecule has 0 radical (unpaired) electrons. The molecule has 0 aromatic carbocycles. The van der Waals surface area contributed by atoms with E-state index in [2.05, 4.69) is 10.3 Å². The third-order valence-electron chi connectivity index (χ3n) is 2.20. The van der Waals surface area contributed by atoms with E-state index in [4.69, 9.17) is 5.26 Å². The molecule has 0 amide bonds. The van der Waals surface area contributed by atoms with Crippen molar-refractivity contribution in [2.45, 2.75) is 12.5 Å². The highest BCUT2D eigenvalue weighted by atomic mass is 16.3. The number of aliphatic hydroxyl groups is 1. The van der Waals surface area contributed by atoms with E-state index in [-0.39, 0.29) is 0 Å². The summed E-state index contributed by atoms with van der Waals surface area (Å²) in [5, 5.41) is 21.9. The van der Waals surface area contributed by atoms with E-state index in [1.54, 1.807) is 25.3 Å². The van der Waals surface area contributed by atoms with Gasteiger partial charge in [0.15, 0.2) is 0 Å². The second kappa shape index (κ2) is 5.62. The molecule has 1 aromatic heterocycles. The molecule has 5 heteroatoms. The Balaban J connectivity index is 2.58. The van der Waals surface area contributed by atoms with Crippen LogP contribution in [0.4, 0.5) is 5.69 Å². The smallest absolute Gasteiger partial charge is 0.142 e. The molecule has 0 saturated carbocycles. The molecular weight excluding hydrogens is 216 g/mol. The van der Waals surface area contributed by atoms with E-state index in [1.807, 2.05) is 25.1 Å². The highest BCUT2D eigenvalue weighted by Crippen LogP contribution is 2.10. The molecule has 0 spiro atoms. The van der Waals surface area contributed by atoms with Crippen LogP contribution in [-0.4, -0.2) is 47.8 Å². The second-order valence-corrected chi connectivity index (χ2v) is 4.63. The first-order valence-electron chi connectivity index (χ1n) is 5.40. The van der Waals surface area contributed by atoms with Crippen LogP contribution in [0.25, 0.3) is 0 Å². The van der Waals surface area contributed by atoms with Gasteiger partial charge in [0.25, 0.3) is 0 Å². The zero-order valence-corrected chi connectivity index (χ0v) is 10.4. The third kappa shape index (κ3) is 4.81. The summed E-state index contributed by atoms with van der Waals surface area (Å²) in [7, 11) is 3.82. The molecule has 1 unspecified atom stereocenters. The number of nitrogens with zero attached hydrogens (tertiary/aromatic N) is 3. The van der Waals surface area contributed by atoms with Crippen molar-refractivity contribution in [1.29, 1.82) is 5.26 Å². The van der Waals surface area contributed by atoms with Crippen LogP contribution in [0.15, 0.2) is 18.3 Å². The lowest BCUT2D eigenvalue weighted by atomic mass is 10.1. The monoisotopic (exact) mass is 234 g/mol. The Morgan fingerprint density at radius 3 is 2.88 bits per heavy atom. The molecule has 5 nitrogen and oxygen atoms in total. The molecule has 2 N–H and O–H groups in total. The summed E-state index contributed by atoms with van der Waals surface area (Å²) in [5.74, 6) is 0. The molecule has 0 aliphatic heterocycles. The molecule has 1 atom stereocenters. The van der Waals surface area contributed by atoms with E-state index < -0.39 is 5.60 Å². The van der Waals surface area contributed by atoms with Gasteiger partial charge < -0.3 is 15.3 Å². The molecule has 1 heterocycles. The highest BCUT2D eigenvalue weighted by molar-refractivity contribution is 5.46. The average molecular weight is 234 g/mol. The Labute approximate surface area is 102 Å². The molecule has 0 fully saturated rings. The van der Waals surface area contributed by atoms with Gasteiger partial charge in [-0.1, -0.05) is 0 Å². The molecule has 1 rings (SSSR count). The lowest BCUT2D eigenvalue weighted by Gasteiger charge is -2.27. The van der Waals surface area contributed by atoms with Crippen molar-refractivity contribution in [3.63, 3.8) is 0 Å². The number of nitriles is 1. The number of pyridine rings is 1. The third-order valence-corrected chi connectivity index (χ3v) is 2.20. The number of hydrogen-bond donors (Lipinski definition) is 2. The maximum absolute atomic E-state index is 10.1. The van der Waals surface area contributed by atoms with Gasteiger partial charge in [-0.3, -0.25) is 0 Å². The lowest BCUT2D eigenvalue weighted by Crippen LogP contribution is -2.43. The number of nitrogens with one attached hydrogen (secondary N) is 1. The number of aromatic nitrogens is 1. The van der Waals surface area contributed by atoms with Crippen LogP contribution in [0.2, 0.25) is 0 Å². The number of anilines is 1. The molecular formula is C12H18N4O. The predicted octanol–water partition coefficient (Wildman–Crippen LogP) is 0.678. The Morgan fingerprint density at radius 2 is 2.29 bits per heavy atom. The van der Waals surface area contributed by atoms with Gasteiger partial charge in [-0.05, 0) is 33.2 Å². The van der Waals surface area contributed by atoms with Crippen molar-refractivity contribution in [1.82, 2.24) is 9.88 Å². The highest BCUT2D eigenvalue weighted by Gasteiger charge is 2.20. The standard InChI is InChI=1S/C12H18N4O/c1-12(17,9-16(2)3)8-15-10-4-5-14-11(6-10)7-13/h4-6,17H,8-9H2,1-3H3,(H,14,15). The predicted molar refractivity (Wildman–Crippen MR) is 66.6 cm³/mol. The molecule has 0 bridgehead atoms. The van der Waals surface area contributed by atoms with Gasteiger partial charge in [-0.15, -0.1) is 0 Å². The van der Waals surface area contributed by atoms with Crippen molar-refractivity contribution in [2.75, 3.05) is 32.5 Å². The minimum absolute atomic E-state index is 0.363. The first-order valence-corrected chi connectivity index (χ1v) is 5.40. The molecule has 0 aliphatic carbocycles.